The van der Waals surface area contributed by atoms with Gasteiger partial charge in [-0.05, 0) is 25.0 Å². The van der Waals surface area contributed by atoms with Crippen molar-refractivity contribution in [3.63, 3.8) is 0 Å². The van der Waals surface area contributed by atoms with Gasteiger partial charge in [0.1, 0.15) is 5.03 Å². The zero-order valence-corrected chi connectivity index (χ0v) is 8.80. The summed E-state index contributed by atoms with van der Waals surface area (Å²) in [5.74, 6) is 0. The van der Waals surface area contributed by atoms with Crippen LogP contribution in [0.3, 0.4) is 0 Å². The van der Waals surface area contributed by atoms with Crippen molar-refractivity contribution in [2.75, 3.05) is 18.9 Å². The van der Waals surface area contributed by atoms with Gasteiger partial charge in [0.05, 0.1) is 5.69 Å². The molecule has 1 aliphatic heterocycles. The minimum atomic E-state index is 0.612. The molecular weight excluding hydrogens is 196 g/mol. The highest BCUT2D eigenvalue weighted by Crippen LogP contribution is 2.31. The van der Waals surface area contributed by atoms with Crippen LogP contribution in [-0.2, 0) is 4.74 Å². The second kappa shape index (κ2) is 4.66. The standard InChI is InChI=1S/C10H14N2OS/c11-9-2-1-5-12-10(9)14-8-3-6-13-7-4-8/h1-2,5,8H,3-4,6-7,11H2. The Bertz CT molecular complexity index is 300. The molecular formula is C10H14N2OS. The van der Waals surface area contributed by atoms with Gasteiger partial charge in [-0.2, -0.15) is 0 Å². The van der Waals surface area contributed by atoms with E-state index >= 15 is 0 Å². The number of aromatic nitrogens is 1. The SMILES string of the molecule is Nc1cccnc1SC1CCOCC1. The average Bonchev–Trinajstić information content (AvgIpc) is 2.23. The van der Waals surface area contributed by atoms with Gasteiger partial charge in [0, 0.05) is 24.7 Å². The third-order valence-corrected chi connectivity index (χ3v) is 3.62. The van der Waals surface area contributed by atoms with E-state index in [2.05, 4.69) is 4.98 Å². The smallest absolute Gasteiger partial charge is 0.119 e. The lowest BCUT2D eigenvalue weighted by molar-refractivity contribution is 0.1000. The number of nitrogens with zero attached hydrogens (tertiary/aromatic N) is 1. The molecule has 0 radical (unpaired) electrons. The number of nitrogens with two attached hydrogens (primary N) is 1. The first kappa shape index (κ1) is 9.80. The number of rotatable bonds is 2. The number of hydrogen-bond acceptors (Lipinski definition) is 4. The lowest BCUT2D eigenvalue weighted by Crippen LogP contribution is -2.17. The molecule has 14 heavy (non-hydrogen) atoms. The number of ether oxygens (including phenoxy) is 1. The third kappa shape index (κ3) is 2.39. The molecule has 0 bridgehead atoms. The largest absolute Gasteiger partial charge is 0.397 e. The molecule has 2 N–H and O–H groups in total. The van der Waals surface area contributed by atoms with E-state index in [1.807, 2.05) is 12.1 Å². The Balaban J connectivity index is 1.99. The Morgan fingerprint density at radius 3 is 2.93 bits per heavy atom. The topological polar surface area (TPSA) is 48.1 Å². The van der Waals surface area contributed by atoms with E-state index in [9.17, 15) is 0 Å². The molecule has 1 aromatic rings. The van der Waals surface area contributed by atoms with Crippen LogP contribution >= 0.6 is 11.8 Å². The average molecular weight is 210 g/mol. The predicted molar refractivity (Wildman–Crippen MR) is 58.3 cm³/mol. The molecule has 3 nitrogen and oxygen atoms in total. The van der Waals surface area contributed by atoms with Crippen molar-refractivity contribution in [3.8, 4) is 0 Å². The molecule has 0 atom stereocenters. The van der Waals surface area contributed by atoms with Crippen molar-refractivity contribution in [2.45, 2.75) is 23.1 Å². The second-order valence-electron chi connectivity index (χ2n) is 3.33. The summed E-state index contributed by atoms with van der Waals surface area (Å²) in [6, 6.07) is 3.76. The lowest BCUT2D eigenvalue weighted by Gasteiger charge is -2.21. The van der Waals surface area contributed by atoms with Gasteiger partial charge < -0.3 is 10.5 Å². The van der Waals surface area contributed by atoms with E-state index in [-0.39, 0.29) is 0 Å². The van der Waals surface area contributed by atoms with Gasteiger partial charge >= 0.3 is 0 Å². The summed E-state index contributed by atoms with van der Waals surface area (Å²) in [6.45, 7) is 1.73. The fourth-order valence-electron chi connectivity index (χ4n) is 1.45. The van der Waals surface area contributed by atoms with Crippen LogP contribution in [0.1, 0.15) is 12.8 Å². The Labute approximate surface area is 88.0 Å². The molecule has 0 unspecified atom stereocenters. The van der Waals surface area contributed by atoms with Crippen LogP contribution in [0.15, 0.2) is 23.4 Å². The Kier molecular flexibility index (Phi) is 3.26. The minimum Gasteiger partial charge on any atom is -0.397 e. The van der Waals surface area contributed by atoms with Crippen LogP contribution in [0, 0.1) is 0 Å². The Morgan fingerprint density at radius 2 is 2.21 bits per heavy atom. The minimum absolute atomic E-state index is 0.612. The number of anilines is 1. The maximum absolute atomic E-state index is 5.82. The molecule has 0 aromatic carbocycles. The van der Waals surface area contributed by atoms with E-state index < -0.39 is 0 Å². The lowest BCUT2D eigenvalue weighted by atomic mass is 10.2. The van der Waals surface area contributed by atoms with Gasteiger partial charge in [-0.25, -0.2) is 4.98 Å². The normalized spacial score (nSPS) is 18.3. The van der Waals surface area contributed by atoms with Crippen LogP contribution in [0.4, 0.5) is 5.69 Å². The summed E-state index contributed by atoms with van der Waals surface area (Å²) in [5.41, 5.74) is 6.60. The number of nitrogen functional groups attached to an aromatic ring is 1. The fourth-order valence-corrected chi connectivity index (χ4v) is 2.52. The first-order valence-corrected chi connectivity index (χ1v) is 5.69. The van der Waals surface area contributed by atoms with Crippen molar-refractivity contribution in [3.05, 3.63) is 18.3 Å². The van der Waals surface area contributed by atoms with Crippen molar-refractivity contribution >= 4 is 17.4 Å². The zero-order chi connectivity index (χ0) is 9.80. The van der Waals surface area contributed by atoms with E-state index in [0.29, 0.717) is 5.25 Å². The van der Waals surface area contributed by atoms with Crippen molar-refractivity contribution in [1.82, 2.24) is 4.98 Å². The van der Waals surface area contributed by atoms with Gasteiger partial charge in [0.2, 0.25) is 0 Å². The predicted octanol–water partition coefficient (Wildman–Crippen LogP) is 1.93. The van der Waals surface area contributed by atoms with Gasteiger partial charge in [0.25, 0.3) is 0 Å². The van der Waals surface area contributed by atoms with Crippen LogP contribution in [0.2, 0.25) is 0 Å². The molecule has 1 saturated heterocycles. The quantitative estimate of drug-likeness (QED) is 0.810. The molecule has 4 heteroatoms. The first-order chi connectivity index (χ1) is 6.86. The highest BCUT2D eigenvalue weighted by Gasteiger charge is 2.16. The molecule has 2 rings (SSSR count). The number of hydrogen-bond donors (Lipinski definition) is 1. The van der Waals surface area contributed by atoms with Gasteiger partial charge in [-0.1, -0.05) is 0 Å². The monoisotopic (exact) mass is 210 g/mol. The number of thioether (sulfide) groups is 1. The van der Waals surface area contributed by atoms with E-state index in [1.54, 1.807) is 18.0 Å². The highest BCUT2D eigenvalue weighted by molar-refractivity contribution is 8.00. The molecule has 1 fully saturated rings. The summed E-state index contributed by atoms with van der Waals surface area (Å²) in [4.78, 5) is 4.27. The van der Waals surface area contributed by atoms with Crippen molar-refractivity contribution in [2.24, 2.45) is 0 Å². The van der Waals surface area contributed by atoms with Crippen LogP contribution in [-0.4, -0.2) is 23.4 Å². The highest BCUT2D eigenvalue weighted by atomic mass is 32.2. The Morgan fingerprint density at radius 1 is 1.43 bits per heavy atom. The molecule has 1 aromatic heterocycles. The summed E-state index contributed by atoms with van der Waals surface area (Å²) in [6.07, 6.45) is 3.99. The van der Waals surface area contributed by atoms with Gasteiger partial charge in [0.15, 0.2) is 0 Å². The van der Waals surface area contributed by atoms with E-state index in [4.69, 9.17) is 10.5 Å². The summed E-state index contributed by atoms with van der Waals surface area (Å²) < 4.78 is 5.30. The molecule has 0 amide bonds. The van der Waals surface area contributed by atoms with Crippen LogP contribution < -0.4 is 5.73 Å². The molecule has 0 spiro atoms. The molecule has 0 aliphatic carbocycles. The second-order valence-corrected chi connectivity index (χ2v) is 4.62. The zero-order valence-electron chi connectivity index (χ0n) is 7.98. The molecule has 2 heterocycles. The summed E-state index contributed by atoms with van der Waals surface area (Å²) in [5, 5.41) is 1.57. The van der Waals surface area contributed by atoms with E-state index in [0.717, 1.165) is 36.8 Å². The fraction of sp³-hybridized carbons (Fsp3) is 0.500. The summed E-state index contributed by atoms with van der Waals surface area (Å²) in [7, 11) is 0. The summed E-state index contributed by atoms with van der Waals surface area (Å²) >= 11 is 1.78. The molecule has 76 valence electrons. The van der Waals surface area contributed by atoms with Gasteiger partial charge in [-0.15, -0.1) is 11.8 Å². The van der Waals surface area contributed by atoms with Crippen molar-refractivity contribution < 1.29 is 4.74 Å². The van der Waals surface area contributed by atoms with E-state index in [1.165, 1.54) is 0 Å². The maximum atomic E-state index is 5.82. The van der Waals surface area contributed by atoms with Crippen LogP contribution in [0.5, 0.6) is 0 Å². The van der Waals surface area contributed by atoms with Crippen molar-refractivity contribution in [1.29, 1.82) is 0 Å². The Hall–Kier alpha value is -0.740. The maximum Gasteiger partial charge on any atom is 0.119 e. The molecule has 0 saturated carbocycles. The third-order valence-electron chi connectivity index (χ3n) is 2.25. The molecule has 1 aliphatic rings. The van der Waals surface area contributed by atoms with Crippen LogP contribution in [0.25, 0.3) is 0 Å². The number of pyridine rings is 1. The first-order valence-electron chi connectivity index (χ1n) is 4.81. The van der Waals surface area contributed by atoms with Gasteiger partial charge in [-0.3, -0.25) is 0 Å².